The Kier molecular flexibility index (Phi) is 4.13. The maximum absolute atomic E-state index is 13.2. The zero-order valence-electron chi connectivity index (χ0n) is 14.5. The number of nitrogens with zero attached hydrogens (tertiary/aromatic N) is 3. The van der Waals surface area contributed by atoms with Gasteiger partial charge in [-0.25, -0.2) is 4.39 Å². The van der Waals surface area contributed by atoms with Gasteiger partial charge in [-0.3, -0.25) is 10.00 Å². The molecular weight excluding hydrogens is 319 g/mol. The predicted octanol–water partition coefficient (Wildman–Crippen LogP) is 3.42. The summed E-state index contributed by atoms with van der Waals surface area (Å²) in [7, 11) is 0. The Bertz CT molecular complexity index is 862. The highest BCUT2D eigenvalue weighted by molar-refractivity contribution is 5.64. The molecule has 0 radical (unpaired) electrons. The molecule has 3 heterocycles. The van der Waals surface area contributed by atoms with E-state index in [0.717, 1.165) is 55.2 Å². The number of fused-ring (bicyclic) bond motifs is 1. The normalized spacial score (nSPS) is 15.2. The largest absolute Gasteiger partial charge is 0.361 e. The van der Waals surface area contributed by atoms with Crippen molar-refractivity contribution in [1.29, 1.82) is 0 Å². The first kappa shape index (κ1) is 16.0. The van der Waals surface area contributed by atoms with E-state index in [1.165, 1.54) is 29.0 Å². The minimum atomic E-state index is -0.226. The second-order valence-corrected chi connectivity index (χ2v) is 6.62. The Morgan fingerprint density at radius 1 is 1.16 bits per heavy atom. The molecule has 4 rings (SSSR count). The lowest BCUT2D eigenvalue weighted by Gasteiger charge is -2.19. The van der Waals surface area contributed by atoms with Crippen molar-refractivity contribution in [2.45, 2.75) is 33.2 Å². The van der Waals surface area contributed by atoms with Gasteiger partial charge in [0.15, 0.2) is 0 Å². The molecule has 0 saturated carbocycles. The molecule has 130 valence electrons. The molecule has 0 spiro atoms. The molecule has 5 nitrogen and oxygen atoms in total. The molecule has 2 aromatic heterocycles. The number of rotatable bonds is 3. The first-order chi connectivity index (χ1) is 12.1. The number of aromatic amines is 1. The van der Waals surface area contributed by atoms with Crippen LogP contribution in [0, 0.1) is 19.7 Å². The monoisotopic (exact) mass is 340 g/mol. The van der Waals surface area contributed by atoms with Gasteiger partial charge >= 0.3 is 0 Å². The van der Waals surface area contributed by atoms with Crippen molar-refractivity contribution in [3.63, 3.8) is 0 Å². The van der Waals surface area contributed by atoms with E-state index in [2.05, 4.69) is 20.3 Å². The van der Waals surface area contributed by atoms with Gasteiger partial charge in [-0.05, 0) is 44.5 Å². The number of H-pyrrole nitrogens is 1. The molecular formula is C19H21FN4O. The maximum atomic E-state index is 13.2. The average Bonchev–Trinajstić information content (AvgIpc) is 3.08. The van der Waals surface area contributed by atoms with Crippen LogP contribution < -0.4 is 0 Å². The fourth-order valence-corrected chi connectivity index (χ4v) is 3.48. The van der Waals surface area contributed by atoms with Gasteiger partial charge in [-0.2, -0.15) is 5.10 Å². The summed E-state index contributed by atoms with van der Waals surface area (Å²) >= 11 is 0. The Hall–Kier alpha value is -2.47. The number of halogens is 1. The van der Waals surface area contributed by atoms with Crippen LogP contribution in [0.4, 0.5) is 4.39 Å². The number of hydrogen-bond acceptors (Lipinski definition) is 4. The van der Waals surface area contributed by atoms with Crippen LogP contribution in [-0.4, -0.2) is 33.3 Å². The summed E-state index contributed by atoms with van der Waals surface area (Å²) in [4.78, 5) is 2.43. The van der Waals surface area contributed by atoms with E-state index in [4.69, 9.17) is 4.52 Å². The third kappa shape index (κ3) is 3.09. The summed E-state index contributed by atoms with van der Waals surface area (Å²) in [6.45, 7) is 6.71. The highest BCUT2D eigenvalue weighted by Crippen LogP contribution is 2.27. The topological polar surface area (TPSA) is 58.0 Å². The zero-order valence-corrected chi connectivity index (χ0v) is 14.5. The van der Waals surface area contributed by atoms with Crippen molar-refractivity contribution >= 4 is 0 Å². The third-order valence-electron chi connectivity index (χ3n) is 4.99. The van der Waals surface area contributed by atoms with E-state index in [1.54, 1.807) is 12.1 Å². The zero-order chi connectivity index (χ0) is 17.4. The fourth-order valence-electron chi connectivity index (χ4n) is 3.48. The van der Waals surface area contributed by atoms with Crippen molar-refractivity contribution in [2.75, 3.05) is 13.1 Å². The minimum absolute atomic E-state index is 0.226. The molecule has 1 aliphatic heterocycles. The number of aromatic nitrogens is 3. The van der Waals surface area contributed by atoms with E-state index in [-0.39, 0.29) is 5.82 Å². The molecule has 0 bridgehead atoms. The van der Waals surface area contributed by atoms with Crippen LogP contribution in [0.25, 0.3) is 11.3 Å². The molecule has 0 saturated heterocycles. The van der Waals surface area contributed by atoms with Crippen molar-refractivity contribution in [1.82, 2.24) is 20.3 Å². The van der Waals surface area contributed by atoms with Gasteiger partial charge < -0.3 is 4.52 Å². The van der Waals surface area contributed by atoms with Crippen molar-refractivity contribution in [2.24, 2.45) is 0 Å². The van der Waals surface area contributed by atoms with Gasteiger partial charge in [0.25, 0.3) is 0 Å². The van der Waals surface area contributed by atoms with Crippen LogP contribution in [-0.2, 0) is 19.4 Å². The summed E-state index contributed by atoms with van der Waals surface area (Å²) in [5, 5.41) is 11.7. The van der Waals surface area contributed by atoms with Gasteiger partial charge in [0.2, 0.25) is 0 Å². The third-order valence-corrected chi connectivity index (χ3v) is 4.99. The first-order valence-corrected chi connectivity index (χ1v) is 8.58. The minimum Gasteiger partial charge on any atom is -0.361 e. The molecule has 0 unspecified atom stereocenters. The highest BCUT2D eigenvalue weighted by atomic mass is 19.1. The molecule has 0 amide bonds. The molecule has 0 aliphatic carbocycles. The SMILES string of the molecule is Cc1noc(C)c1CN1CCc2[nH]nc(-c3ccc(F)cc3)c2CC1. The molecule has 1 aliphatic rings. The van der Waals surface area contributed by atoms with E-state index in [9.17, 15) is 4.39 Å². The Balaban J connectivity index is 1.54. The van der Waals surface area contributed by atoms with Gasteiger partial charge in [0.1, 0.15) is 11.6 Å². The number of nitrogens with one attached hydrogen (secondary N) is 1. The van der Waals surface area contributed by atoms with Gasteiger partial charge in [-0.15, -0.1) is 0 Å². The van der Waals surface area contributed by atoms with Gasteiger partial charge in [-0.1, -0.05) is 5.16 Å². The summed E-state index contributed by atoms with van der Waals surface area (Å²) in [6, 6.07) is 6.55. The van der Waals surface area contributed by atoms with Gasteiger partial charge in [0, 0.05) is 48.4 Å². The van der Waals surface area contributed by atoms with Crippen LogP contribution in [0.3, 0.4) is 0 Å². The lowest BCUT2D eigenvalue weighted by atomic mass is 10.0. The molecule has 1 N–H and O–H groups in total. The average molecular weight is 340 g/mol. The molecule has 25 heavy (non-hydrogen) atoms. The van der Waals surface area contributed by atoms with Crippen LogP contribution in [0.2, 0.25) is 0 Å². The van der Waals surface area contributed by atoms with Crippen LogP contribution in [0.5, 0.6) is 0 Å². The van der Waals surface area contributed by atoms with Crippen molar-refractivity contribution in [3.05, 3.63) is 58.4 Å². The van der Waals surface area contributed by atoms with E-state index < -0.39 is 0 Å². The van der Waals surface area contributed by atoms with E-state index in [1.807, 2.05) is 13.8 Å². The standard InChI is InChI=1S/C19H21FN4O/c1-12-17(13(2)25-23-12)11-24-9-7-16-18(8-10-24)21-22-19(16)14-3-5-15(20)6-4-14/h3-6H,7-11H2,1-2H3,(H,21,22). The number of aryl methyl sites for hydroxylation is 2. The van der Waals surface area contributed by atoms with Crippen molar-refractivity contribution < 1.29 is 8.91 Å². The molecule has 3 aromatic rings. The summed E-state index contributed by atoms with van der Waals surface area (Å²) in [5.41, 5.74) is 6.47. The smallest absolute Gasteiger partial charge is 0.138 e. The molecule has 6 heteroatoms. The Morgan fingerprint density at radius 2 is 1.92 bits per heavy atom. The van der Waals surface area contributed by atoms with Gasteiger partial charge in [0.05, 0.1) is 11.4 Å². The van der Waals surface area contributed by atoms with Crippen LogP contribution in [0.1, 0.15) is 28.3 Å². The molecule has 1 aromatic carbocycles. The fraction of sp³-hybridized carbons (Fsp3) is 0.368. The van der Waals surface area contributed by atoms with E-state index in [0.29, 0.717) is 0 Å². The Labute approximate surface area is 145 Å². The number of benzene rings is 1. The Morgan fingerprint density at radius 3 is 2.64 bits per heavy atom. The second-order valence-electron chi connectivity index (χ2n) is 6.62. The van der Waals surface area contributed by atoms with Crippen LogP contribution in [0.15, 0.2) is 28.8 Å². The quantitative estimate of drug-likeness (QED) is 0.794. The summed E-state index contributed by atoms with van der Waals surface area (Å²) in [5.74, 6) is 0.671. The summed E-state index contributed by atoms with van der Waals surface area (Å²) in [6.07, 6.45) is 1.84. The second kappa shape index (κ2) is 6.44. The van der Waals surface area contributed by atoms with Crippen molar-refractivity contribution in [3.8, 4) is 11.3 Å². The highest BCUT2D eigenvalue weighted by Gasteiger charge is 2.22. The van der Waals surface area contributed by atoms with Crippen LogP contribution >= 0.6 is 0 Å². The first-order valence-electron chi connectivity index (χ1n) is 8.58. The molecule has 0 atom stereocenters. The lowest BCUT2D eigenvalue weighted by molar-refractivity contribution is 0.276. The lowest BCUT2D eigenvalue weighted by Crippen LogP contribution is -2.26. The number of hydrogen-bond donors (Lipinski definition) is 1. The maximum Gasteiger partial charge on any atom is 0.138 e. The summed E-state index contributed by atoms with van der Waals surface area (Å²) < 4.78 is 18.5. The molecule has 0 fully saturated rings. The van der Waals surface area contributed by atoms with E-state index >= 15 is 0 Å². The predicted molar refractivity (Wildman–Crippen MR) is 92.6 cm³/mol.